The number of anilines is 1. The van der Waals surface area contributed by atoms with Crippen molar-refractivity contribution in [2.75, 3.05) is 18.0 Å². The quantitative estimate of drug-likeness (QED) is 0.663. The van der Waals surface area contributed by atoms with Gasteiger partial charge in [-0.3, -0.25) is 9.59 Å². The number of hydrogen-bond acceptors (Lipinski definition) is 2. The van der Waals surface area contributed by atoms with Gasteiger partial charge >= 0.3 is 0 Å². The molecule has 0 aliphatic heterocycles. The fraction of sp³-hybridized carbons (Fsp3) is 0.176. The molecule has 4 nitrogen and oxygen atoms in total. The topological polar surface area (TPSA) is 49.4 Å². The summed E-state index contributed by atoms with van der Waals surface area (Å²) in [7, 11) is 0. The van der Waals surface area contributed by atoms with Gasteiger partial charge in [-0.1, -0.05) is 0 Å². The Kier molecular flexibility index (Phi) is 5.74. The minimum Gasteiger partial charge on any atom is -0.350 e. The van der Waals surface area contributed by atoms with E-state index >= 15 is 0 Å². The summed E-state index contributed by atoms with van der Waals surface area (Å²) < 4.78 is 53.0. The van der Waals surface area contributed by atoms with Crippen LogP contribution < -0.4 is 10.2 Å². The summed E-state index contributed by atoms with van der Waals surface area (Å²) in [5.74, 6) is -6.16. The van der Waals surface area contributed by atoms with Crippen molar-refractivity contribution in [3.63, 3.8) is 0 Å². The lowest BCUT2D eigenvalue weighted by atomic mass is 10.2. The molecule has 1 N–H and O–H groups in total. The molecule has 0 heterocycles. The Morgan fingerprint density at radius 1 is 0.960 bits per heavy atom. The van der Waals surface area contributed by atoms with Crippen molar-refractivity contribution >= 4 is 17.5 Å². The maximum absolute atomic E-state index is 13.8. The Labute approximate surface area is 141 Å². The van der Waals surface area contributed by atoms with Crippen LogP contribution >= 0.6 is 0 Å². The largest absolute Gasteiger partial charge is 0.350 e. The van der Waals surface area contributed by atoms with Crippen molar-refractivity contribution in [2.24, 2.45) is 0 Å². The Morgan fingerprint density at radius 2 is 1.60 bits per heavy atom. The van der Waals surface area contributed by atoms with Gasteiger partial charge in [-0.2, -0.15) is 0 Å². The lowest BCUT2D eigenvalue weighted by molar-refractivity contribution is -0.116. The van der Waals surface area contributed by atoms with Gasteiger partial charge < -0.3 is 10.2 Å². The van der Waals surface area contributed by atoms with Gasteiger partial charge in [-0.15, -0.1) is 0 Å². The second kappa shape index (κ2) is 7.78. The van der Waals surface area contributed by atoms with E-state index in [1.165, 1.54) is 12.1 Å². The highest BCUT2D eigenvalue weighted by Gasteiger charge is 2.21. The molecule has 25 heavy (non-hydrogen) atoms. The van der Waals surface area contributed by atoms with Crippen LogP contribution in [0, 0.1) is 23.3 Å². The van der Waals surface area contributed by atoms with Crippen molar-refractivity contribution < 1.29 is 27.2 Å². The molecular weight excluding hydrogens is 340 g/mol. The first-order valence-corrected chi connectivity index (χ1v) is 7.26. The fourth-order valence-corrected chi connectivity index (χ4v) is 2.16. The normalized spacial score (nSPS) is 10.4. The van der Waals surface area contributed by atoms with Crippen LogP contribution in [0.1, 0.15) is 17.3 Å². The first-order valence-electron chi connectivity index (χ1n) is 7.26. The molecule has 0 spiro atoms. The van der Waals surface area contributed by atoms with Gasteiger partial charge in [-0.05, 0) is 36.4 Å². The third-order valence-electron chi connectivity index (χ3n) is 3.41. The van der Waals surface area contributed by atoms with Crippen LogP contribution in [0.5, 0.6) is 0 Å². The lowest BCUT2D eigenvalue weighted by Gasteiger charge is -2.22. The number of halogens is 4. The number of carbonyl (C=O) groups excluding carboxylic acids is 2. The third kappa shape index (κ3) is 4.34. The number of amides is 2. The van der Waals surface area contributed by atoms with Gasteiger partial charge in [0.2, 0.25) is 5.91 Å². The van der Waals surface area contributed by atoms with Crippen LogP contribution in [0.25, 0.3) is 0 Å². The first kappa shape index (κ1) is 18.4. The molecule has 0 radical (unpaired) electrons. The summed E-state index contributed by atoms with van der Waals surface area (Å²) in [5.41, 5.74) is -0.225. The highest BCUT2D eigenvalue weighted by molar-refractivity contribution is 5.94. The van der Waals surface area contributed by atoms with Crippen molar-refractivity contribution in [1.29, 1.82) is 0 Å². The van der Waals surface area contributed by atoms with E-state index in [1.54, 1.807) is 0 Å². The maximum Gasteiger partial charge on any atom is 0.251 e. The molecule has 0 bridgehead atoms. The smallest absolute Gasteiger partial charge is 0.251 e. The monoisotopic (exact) mass is 354 g/mol. The Hall–Kier alpha value is -2.90. The number of rotatable bonds is 5. The van der Waals surface area contributed by atoms with E-state index < -0.39 is 40.8 Å². The van der Waals surface area contributed by atoms with E-state index in [0.717, 1.165) is 30.0 Å². The zero-order valence-electron chi connectivity index (χ0n) is 13.2. The summed E-state index contributed by atoms with van der Waals surface area (Å²) in [4.78, 5) is 24.4. The van der Waals surface area contributed by atoms with Crippen molar-refractivity contribution in [3.05, 3.63) is 65.2 Å². The molecule has 0 saturated carbocycles. The Morgan fingerprint density at radius 3 is 2.20 bits per heavy atom. The van der Waals surface area contributed by atoms with Gasteiger partial charge in [0.1, 0.15) is 5.82 Å². The molecule has 0 fully saturated rings. The lowest BCUT2D eigenvalue weighted by Crippen LogP contribution is -2.38. The minimum absolute atomic E-state index is 0.0752. The van der Waals surface area contributed by atoms with E-state index in [-0.39, 0.29) is 18.7 Å². The number of hydrogen-bond donors (Lipinski definition) is 1. The van der Waals surface area contributed by atoms with Crippen LogP contribution in [0.3, 0.4) is 0 Å². The van der Waals surface area contributed by atoms with Crippen LogP contribution in [0.15, 0.2) is 36.4 Å². The van der Waals surface area contributed by atoms with Crippen LogP contribution in [0.4, 0.5) is 23.2 Å². The summed E-state index contributed by atoms with van der Waals surface area (Å²) in [6.45, 7) is 0.890. The molecule has 0 saturated heterocycles. The zero-order chi connectivity index (χ0) is 18.6. The number of carbonyl (C=O) groups is 2. The summed E-state index contributed by atoms with van der Waals surface area (Å²) >= 11 is 0. The average molecular weight is 354 g/mol. The molecule has 0 aliphatic carbocycles. The molecule has 0 unspecified atom stereocenters. The molecule has 0 aliphatic rings. The Bertz CT molecular complexity index is 794. The van der Waals surface area contributed by atoms with E-state index in [9.17, 15) is 27.2 Å². The van der Waals surface area contributed by atoms with E-state index in [2.05, 4.69) is 5.32 Å². The third-order valence-corrected chi connectivity index (χ3v) is 3.41. The highest BCUT2D eigenvalue weighted by Crippen LogP contribution is 2.23. The molecule has 0 aromatic heterocycles. The van der Waals surface area contributed by atoms with E-state index in [1.807, 2.05) is 0 Å². The summed E-state index contributed by atoms with van der Waals surface area (Å²) in [6, 6.07) is 6.45. The van der Waals surface area contributed by atoms with Crippen LogP contribution in [-0.2, 0) is 4.79 Å². The van der Waals surface area contributed by atoms with Gasteiger partial charge in [0.25, 0.3) is 5.91 Å². The highest BCUT2D eigenvalue weighted by atomic mass is 19.2. The van der Waals surface area contributed by atoms with Gasteiger partial charge in [0.15, 0.2) is 17.5 Å². The van der Waals surface area contributed by atoms with E-state index in [4.69, 9.17) is 0 Å². The van der Waals surface area contributed by atoms with Crippen molar-refractivity contribution in [2.45, 2.75) is 6.92 Å². The fourth-order valence-electron chi connectivity index (χ4n) is 2.16. The second-order valence-corrected chi connectivity index (χ2v) is 5.13. The molecule has 2 rings (SSSR count). The molecule has 2 aromatic rings. The average Bonchev–Trinajstić information content (AvgIpc) is 2.58. The molecule has 8 heteroatoms. The number of nitrogens with zero attached hydrogens (tertiary/aromatic N) is 1. The number of benzene rings is 2. The molecule has 2 aromatic carbocycles. The Balaban J connectivity index is 2.06. The molecular formula is C17H14F4N2O2. The van der Waals surface area contributed by atoms with Crippen LogP contribution in [0.2, 0.25) is 0 Å². The maximum atomic E-state index is 13.8. The minimum atomic E-state index is -1.68. The summed E-state index contributed by atoms with van der Waals surface area (Å²) in [6.07, 6.45) is 0. The predicted octanol–water partition coefficient (Wildman–Crippen LogP) is 3.03. The second-order valence-electron chi connectivity index (χ2n) is 5.13. The van der Waals surface area contributed by atoms with Gasteiger partial charge in [0, 0.05) is 25.6 Å². The van der Waals surface area contributed by atoms with Crippen molar-refractivity contribution in [1.82, 2.24) is 5.32 Å². The molecule has 2 amide bonds. The summed E-state index contributed by atoms with van der Waals surface area (Å²) in [5, 5.41) is 2.47. The first-order chi connectivity index (χ1) is 11.8. The standard InChI is InChI=1S/C17H14F4N2O2/c1-10(24)23(14-7-6-13(19)15(20)16(14)21)9-8-22-17(25)11-2-4-12(18)5-3-11/h2-7H,8-9H2,1H3,(H,22,25). The van der Waals surface area contributed by atoms with Crippen LogP contribution in [-0.4, -0.2) is 24.9 Å². The van der Waals surface area contributed by atoms with E-state index in [0.29, 0.717) is 6.07 Å². The van der Waals surface area contributed by atoms with Gasteiger partial charge in [-0.25, -0.2) is 17.6 Å². The zero-order valence-corrected chi connectivity index (χ0v) is 13.2. The van der Waals surface area contributed by atoms with Crippen molar-refractivity contribution in [3.8, 4) is 0 Å². The molecule has 0 atom stereocenters. The van der Waals surface area contributed by atoms with Gasteiger partial charge in [0.05, 0.1) is 5.69 Å². The predicted molar refractivity (Wildman–Crippen MR) is 83.1 cm³/mol. The SMILES string of the molecule is CC(=O)N(CCNC(=O)c1ccc(F)cc1)c1ccc(F)c(F)c1F. The molecule has 132 valence electrons. The number of nitrogens with one attached hydrogen (secondary N) is 1.